The van der Waals surface area contributed by atoms with Crippen LogP contribution < -0.4 is 11.1 Å². The van der Waals surface area contributed by atoms with E-state index in [0.717, 1.165) is 39.3 Å². The summed E-state index contributed by atoms with van der Waals surface area (Å²) < 4.78 is 5.33. The number of oxime groups is 1. The monoisotopic (exact) mass is 694 g/mol. The molecule has 2 aliphatic rings. The number of rotatable bonds is 11. The fourth-order valence-corrected chi connectivity index (χ4v) is 8.29. The van der Waals surface area contributed by atoms with E-state index in [-0.39, 0.29) is 56.9 Å². The largest absolute Gasteiger partial charge is 0.512 e. The number of carbonyl (C=O) groups is 4. The topological polar surface area (TPSA) is 247 Å². The minimum absolute atomic E-state index is 0.0897. The molecule has 2 atom stereocenters. The number of nitrogens with one attached hydrogen (secondary N) is 1. The number of nitrogens with two attached hydrogens (primary N) is 1. The lowest BCUT2D eigenvalue weighted by Gasteiger charge is -2.49. The van der Waals surface area contributed by atoms with Gasteiger partial charge >= 0.3 is 12.1 Å². The molecule has 7 N–H and O–H groups in total. The van der Waals surface area contributed by atoms with Crippen LogP contribution in [0.2, 0.25) is 0 Å². The van der Waals surface area contributed by atoms with E-state index in [1.807, 2.05) is 0 Å². The molecule has 5 rings (SSSR count). The summed E-state index contributed by atoms with van der Waals surface area (Å²) in [7, 11) is 0. The fourth-order valence-electron chi connectivity index (χ4n) is 4.17. The zero-order valence-electron chi connectivity index (χ0n) is 22.8. The van der Waals surface area contributed by atoms with Gasteiger partial charge in [-0.3, -0.25) is 14.5 Å². The third-order valence-corrected chi connectivity index (χ3v) is 10.5. The molecular weight excluding hydrogens is 673 g/mol. The van der Waals surface area contributed by atoms with Crippen LogP contribution in [0.15, 0.2) is 44.5 Å². The Bertz CT molecular complexity index is 1750. The molecule has 0 bridgehead atoms. The van der Waals surface area contributed by atoms with Crippen LogP contribution >= 0.6 is 46.2 Å². The van der Waals surface area contributed by atoms with E-state index in [9.17, 15) is 39.6 Å². The zero-order chi connectivity index (χ0) is 32.4. The molecule has 0 radical (unpaired) electrons. The van der Waals surface area contributed by atoms with Crippen LogP contribution in [0.25, 0.3) is 10.4 Å². The number of carboxylic acids is 1. The maximum absolute atomic E-state index is 13.2. The highest BCUT2D eigenvalue weighted by Crippen LogP contribution is 2.43. The summed E-state index contributed by atoms with van der Waals surface area (Å²) in [5.41, 5.74) is 6.14. The number of thiazole rings is 2. The summed E-state index contributed by atoms with van der Waals surface area (Å²) in [6.45, 7) is 1.85. The van der Waals surface area contributed by atoms with Gasteiger partial charge in [0.15, 0.2) is 32.4 Å². The number of aromatic hydroxyl groups is 2. The van der Waals surface area contributed by atoms with Gasteiger partial charge < -0.3 is 41.1 Å². The molecule has 3 aromatic rings. The second-order valence-electron chi connectivity index (χ2n) is 9.02. The molecule has 0 saturated carbocycles. The van der Waals surface area contributed by atoms with Gasteiger partial charge in [0.25, 0.3) is 11.8 Å². The Labute approximate surface area is 269 Å². The van der Waals surface area contributed by atoms with E-state index in [4.69, 9.17) is 15.3 Å². The minimum atomic E-state index is -1.65. The molecular formula is C25H22N6O10S4. The van der Waals surface area contributed by atoms with Crippen LogP contribution in [0, 0.1) is 0 Å². The number of fused-ring (bicyclic) bond motifs is 1. The predicted molar refractivity (Wildman–Crippen MR) is 164 cm³/mol. The summed E-state index contributed by atoms with van der Waals surface area (Å²) in [4.78, 5) is 64.4. The lowest BCUT2D eigenvalue weighted by atomic mass is 10.1. The molecule has 2 aliphatic heterocycles. The Morgan fingerprint density at radius 2 is 2.00 bits per heavy atom. The van der Waals surface area contributed by atoms with E-state index in [0.29, 0.717) is 15.5 Å². The van der Waals surface area contributed by atoms with Crippen molar-refractivity contribution in [3.63, 3.8) is 0 Å². The van der Waals surface area contributed by atoms with Gasteiger partial charge in [-0.2, -0.15) is 0 Å². The SMILES string of the molecule is CCON=C(C(=O)N[C@@H]1C(=O)N2C(OC(=O)O)=C(CSc3nc(C(=O)O)c(-c4ccc(O)c(O)c4)s3)CS[C@@H]12)c1csc(N)n1. The van der Waals surface area contributed by atoms with Crippen molar-refractivity contribution >= 4 is 81.0 Å². The number of phenols is 2. The highest BCUT2D eigenvalue weighted by Gasteiger charge is 2.54. The molecule has 16 nitrogen and oxygen atoms in total. The molecule has 1 saturated heterocycles. The van der Waals surface area contributed by atoms with Crippen molar-refractivity contribution in [2.24, 2.45) is 5.16 Å². The number of hydrogen-bond acceptors (Lipinski definition) is 16. The minimum Gasteiger partial charge on any atom is -0.504 e. The Kier molecular flexibility index (Phi) is 9.37. The molecule has 2 amide bonds. The number of aromatic nitrogens is 2. The number of ether oxygens (including phenoxy) is 1. The average molecular weight is 695 g/mol. The van der Waals surface area contributed by atoms with E-state index in [1.165, 1.54) is 35.3 Å². The lowest BCUT2D eigenvalue weighted by Crippen LogP contribution is -2.70. The Hall–Kier alpha value is -4.53. The third kappa shape index (κ3) is 6.62. The summed E-state index contributed by atoms with van der Waals surface area (Å²) in [5, 5.41) is 46.0. The first kappa shape index (κ1) is 31.9. The van der Waals surface area contributed by atoms with Gasteiger partial charge in [0.1, 0.15) is 23.7 Å². The van der Waals surface area contributed by atoms with Crippen LogP contribution in [0.1, 0.15) is 23.1 Å². The number of amides is 2. The van der Waals surface area contributed by atoms with Gasteiger partial charge in [-0.05, 0) is 30.7 Å². The zero-order valence-corrected chi connectivity index (χ0v) is 26.1. The third-order valence-electron chi connectivity index (χ3n) is 6.15. The molecule has 0 spiro atoms. The molecule has 20 heteroatoms. The predicted octanol–water partition coefficient (Wildman–Crippen LogP) is 2.80. The van der Waals surface area contributed by atoms with E-state index in [1.54, 1.807) is 6.92 Å². The van der Waals surface area contributed by atoms with Crippen molar-refractivity contribution < 1.29 is 49.2 Å². The highest BCUT2D eigenvalue weighted by molar-refractivity contribution is 8.02. The average Bonchev–Trinajstić information content (AvgIpc) is 3.63. The van der Waals surface area contributed by atoms with Crippen molar-refractivity contribution in [2.75, 3.05) is 23.8 Å². The number of carbonyl (C=O) groups excluding carboxylic acids is 2. The van der Waals surface area contributed by atoms with Crippen molar-refractivity contribution in [3.05, 3.63) is 46.4 Å². The van der Waals surface area contributed by atoms with Crippen molar-refractivity contribution in [1.29, 1.82) is 0 Å². The van der Waals surface area contributed by atoms with Gasteiger partial charge in [0.2, 0.25) is 5.88 Å². The van der Waals surface area contributed by atoms with Crippen LogP contribution in [-0.2, 0) is 19.2 Å². The van der Waals surface area contributed by atoms with E-state index < -0.39 is 41.1 Å². The van der Waals surface area contributed by atoms with Crippen LogP contribution in [-0.4, -0.2) is 94.5 Å². The number of β-lactam (4-membered cyclic amide) rings is 1. The molecule has 236 valence electrons. The lowest BCUT2D eigenvalue weighted by molar-refractivity contribution is -0.148. The number of benzene rings is 1. The number of carboxylic acid groups (broad SMARTS) is 2. The maximum atomic E-state index is 13.2. The van der Waals surface area contributed by atoms with E-state index in [2.05, 4.69) is 20.4 Å². The number of nitrogens with zero attached hydrogens (tertiary/aromatic N) is 4. The Morgan fingerprint density at radius 3 is 2.64 bits per heavy atom. The quantitative estimate of drug-likeness (QED) is 0.0422. The maximum Gasteiger partial charge on any atom is 0.512 e. The second kappa shape index (κ2) is 13.2. The highest BCUT2D eigenvalue weighted by atomic mass is 32.2. The molecule has 4 heterocycles. The molecule has 2 aromatic heterocycles. The number of aromatic carboxylic acids is 1. The van der Waals surface area contributed by atoms with Gasteiger partial charge in [-0.25, -0.2) is 19.6 Å². The van der Waals surface area contributed by atoms with Gasteiger partial charge in [0.05, 0.1) is 4.88 Å². The number of anilines is 1. The van der Waals surface area contributed by atoms with Crippen LogP contribution in [0.3, 0.4) is 0 Å². The Morgan fingerprint density at radius 1 is 1.22 bits per heavy atom. The first-order chi connectivity index (χ1) is 21.5. The molecule has 1 aromatic carbocycles. The molecule has 0 unspecified atom stereocenters. The number of hydrogen-bond donors (Lipinski definition) is 6. The smallest absolute Gasteiger partial charge is 0.504 e. The normalized spacial score (nSPS) is 17.8. The molecule has 0 aliphatic carbocycles. The van der Waals surface area contributed by atoms with Crippen molar-refractivity contribution in [1.82, 2.24) is 20.2 Å². The van der Waals surface area contributed by atoms with E-state index >= 15 is 0 Å². The first-order valence-corrected chi connectivity index (χ1v) is 16.4. The first-order valence-electron chi connectivity index (χ1n) is 12.7. The molecule has 1 fully saturated rings. The van der Waals surface area contributed by atoms with Crippen molar-refractivity contribution in [3.8, 4) is 21.9 Å². The number of thioether (sulfide) groups is 2. The summed E-state index contributed by atoms with van der Waals surface area (Å²) in [6.07, 6.45) is -1.65. The number of phenolic OH excluding ortho intramolecular Hbond substituents is 2. The van der Waals surface area contributed by atoms with Gasteiger partial charge in [-0.1, -0.05) is 16.9 Å². The summed E-state index contributed by atoms with van der Waals surface area (Å²) in [6, 6.07) is 2.84. The Balaban J connectivity index is 1.34. The molecule has 45 heavy (non-hydrogen) atoms. The summed E-state index contributed by atoms with van der Waals surface area (Å²) in [5.74, 6) is -3.37. The standard InChI is InChI=1S/C25H22N6O10S4/c1-2-40-30-14(11-8-43-23(26)27-11)18(34)28-16-19(35)31-20(41-25(38)39)10(6-42-21(16)31)7-44-24-29-15(22(36)37)17(45-24)9-3-4-12(32)13(33)5-9/h3-5,8,16,21,32-33H,2,6-7H2,1H3,(H2,26,27)(H,28,34)(H,36,37)(H,38,39)/t16-,21+/m1/s1. The summed E-state index contributed by atoms with van der Waals surface area (Å²) >= 11 is 4.47. The van der Waals surface area contributed by atoms with Crippen LogP contribution in [0.5, 0.6) is 11.5 Å². The fraction of sp³-hybridized carbons (Fsp3) is 0.240. The second-order valence-corrected chi connectivity index (χ2v) is 13.2. The van der Waals surface area contributed by atoms with Gasteiger partial charge in [-0.15, -0.1) is 34.4 Å². The van der Waals surface area contributed by atoms with Crippen LogP contribution in [0.4, 0.5) is 9.93 Å². The van der Waals surface area contributed by atoms with Gasteiger partial charge in [0, 0.05) is 22.5 Å². The van der Waals surface area contributed by atoms with Crippen molar-refractivity contribution in [2.45, 2.75) is 22.7 Å². The number of nitrogen functional groups attached to an aromatic ring is 1.